The maximum atomic E-state index is 12.7. The van der Waals surface area contributed by atoms with Crippen LogP contribution in [0.1, 0.15) is 25.0 Å². The molecule has 1 unspecified atom stereocenters. The van der Waals surface area contributed by atoms with Gasteiger partial charge >= 0.3 is 12.1 Å². The Morgan fingerprint density at radius 3 is 2.46 bits per heavy atom. The summed E-state index contributed by atoms with van der Waals surface area (Å²) in [5.74, 6) is -1.21. The number of benzene rings is 1. The maximum Gasteiger partial charge on any atom is 0.416 e. The molecule has 7 nitrogen and oxygen atoms in total. The summed E-state index contributed by atoms with van der Waals surface area (Å²) in [5, 5.41) is 16.0. The highest BCUT2D eigenvalue weighted by Gasteiger charge is 2.30. The lowest BCUT2D eigenvalue weighted by atomic mass is 10.2. The van der Waals surface area contributed by atoms with Gasteiger partial charge in [-0.05, 0) is 31.2 Å². The molecule has 0 fully saturated rings. The van der Waals surface area contributed by atoms with Crippen LogP contribution in [0.5, 0.6) is 0 Å². The summed E-state index contributed by atoms with van der Waals surface area (Å²) in [6.45, 7) is 3.78. The minimum atomic E-state index is -4.41. The van der Waals surface area contributed by atoms with E-state index in [1.807, 2.05) is 0 Å². The number of carboxylic acids is 1. The second-order valence-corrected chi connectivity index (χ2v) is 6.31. The summed E-state index contributed by atoms with van der Waals surface area (Å²) >= 11 is 0. The second kappa shape index (κ2) is 8.87. The molecule has 1 amide bonds. The van der Waals surface area contributed by atoms with E-state index < -0.39 is 23.8 Å². The summed E-state index contributed by atoms with van der Waals surface area (Å²) in [6.07, 6.45) is -1.25. The topological polar surface area (TPSA) is 87.5 Å². The minimum Gasteiger partial charge on any atom is -0.480 e. The normalized spacial score (nSPS) is 12.8. The van der Waals surface area contributed by atoms with Gasteiger partial charge in [-0.25, -0.2) is 4.68 Å². The molecule has 0 aliphatic carbocycles. The van der Waals surface area contributed by atoms with Gasteiger partial charge in [-0.2, -0.15) is 18.3 Å². The largest absolute Gasteiger partial charge is 0.480 e. The molecular formula is C18H21F3N4O3. The minimum absolute atomic E-state index is 0.210. The molecule has 1 aromatic heterocycles. The molecule has 2 N–H and O–H groups in total. The summed E-state index contributed by atoms with van der Waals surface area (Å²) in [4.78, 5) is 24.0. The van der Waals surface area contributed by atoms with Gasteiger partial charge in [-0.15, -0.1) is 0 Å². The smallest absolute Gasteiger partial charge is 0.416 e. The van der Waals surface area contributed by atoms with Crippen molar-refractivity contribution in [2.75, 3.05) is 13.1 Å². The molecule has 1 aromatic carbocycles. The molecule has 0 aliphatic rings. The number of carboxylic acid groups (broad SMARTS) is 1. The van der Waals surface area contributed by atoms with Gasteiger partial charge in [0.15, 0.2) is 0 Å². The zero-order valence-corrected chi connectivity index (χ0v) is 15.4. The quantitative estimate of drug-likeness (QED) is 0.713. The molecule has 1 atom stereocenters. The fourth-order valence-electron chi connectivity index (χ4n) is 2.56. The van der Waals surface area contributed by atoms with Crippen LogP contribution in [0, 0.1) is 0 Å². The third-order valence-electron chi connectivity index (χ3n) is 4.16. The molecule has 0 saturated carbocycles. The van der Waals surface area contributed by atoms with Crippen LogP contribution >= 0.6 is 0 Å². The van der Waals surface area contributed by atoms with Gasteiger partial charge < -0.3 is 10.4 Å². The molecule has 0 saturated heterocycles. The molecule has 10 heteroatoms. The number of rotatable bonds is 8. The fourth-order valence-corrected chi connectivity index (χ4v) is 2.56. The molecule has 0 radical (unpaired) electrons. The van der Waals surface area contributed by atoms with Crippen molar-refractivity contribution in [3.8, 4) is 5.69 Å². The van der Waals surface area contributed by atoms with Gasteiger partial charge in [-0.1, -0.05) is 0 Å². The van der Waals surface area contributed by atoms with Crippen LogP contribution in [0.15, 0.2) is 36.7 Å². The van der Waals surface area contributed by atoms with Crippen molar-refractivity contribution >= 4 is 11.9 Å². The van der Waals surface area contributed by atoms with Crippen LogP contribution in [0.4, 0.5) is 13.2 Å². The summed E-state index contributed by atoms with van der Waals surface area (Å²) in [5.41, 5.74) is 0.397. The molecule has 152 valence electrons. The number of carbonyl (C=O) groups is 2. The summed E-state index contributed by atoms with van der Waals surface area (Å²) < 4.78 is 39.4. The summed E-state index contributed by atoms with van der Waals surface area (Å²) in [7, 11) is 0. The number of aliphatic carboxylic acids is 1. The first-order valence-corrected chi connectivity index (χ1v) is 8.50. The van der Waals surface area contributed by atoms with Crippen LogP contribution in [-0.4, -0.2) is 50.8 Å². The van der Waals surface area contributed by atoms with E-state index in [9.17, 15) is 27.9 Å². The zero-order chi connectivity index (χ0) is 20.9. The van der Waals surface area contributed by atoms with Crippen molar-refractivity contribution in [2.45, 2.75) is 32.6 Å². The predicted molar refractivity (Wildman–Crippen MR) is 94.8 cm³/mol. The zero-order valence-electron chi connectivity index (χ0n) is 15.4. The predicted octanol–water partition coefficient (Wildman–Crippen LogP) is 2.30. The number of hydrogen-bond donors (Lipinski definition) is 2. The first kappa shape index (κ1) is 21.4. The van der Waals surface area contributed by atoms with E-state index in [0.717, 1.165) is 12.1 Å². The van der Waals surface area contributed by atoms with Gasteiger partial charge in [0.2, 0.25) is 5.91 Å². The van der Waals surface area contributed by atoms with Crippen LogP contribution in [0.2, 0.25) is 0 Å². The molecule has 0 aliphatic heterocycles. The van der Waals surface area contributed by atoms with E-state index in [1.54, 1.807) is 11.1 Å². The van der Waals surface area contributed by atoms with Gasteiger partial charge in [0, 0.05) is 38.3 Å². The number of aromatic nitrogens is 2. The Hall–Kier alpha value is -2.88. The molecule has 28 heavy (non-hydrogen) atoms. The Bertz CT molecular complexity index is 818. The Kier molecular flexibility index (Phi) is 6.79. The Morgan fingerprint density at radius 1 is 1.29 bits per heavy atom. The van der Waals surface area contributed by atoms with Crippen LogP contribution in [0.3, 0.4) is 0 Å². The number of alkyl halides is 3. The van der Waals surface area contributed by atoms with Crippen LogP contribution in [-0.2, 0) is 22.3 Å². The van der Waals surface area contributed by atoms with E-state index in [2.05, 4.69) is 10.4 Å². The third-order valence-corrected chi connectivity index (χ3v) is 4.16. The number of amides is 1. The van der Waals surface area contributed by atoms with E-state index in [-0.39, 0.29) is 12.5 Å². The first-order chi connectivity index (χ1) is 13.1. The van der Waals surface area contributed by atoms with E-state index in [1.165, 1.54) is 36.9 Å². The average molecular weight is 398 g/mol. The highest BCUT2D eigenvalue weighted by Crippen LogP contribution is 2.29. The molecular weight excluding hydrogens is 377 g/mol. The lowest BCUT2D eigenvalue weighted by Gasteiger charge is -2.25. The van der Waals surface area contributed by atoms with Crippen molar-refractivity contribution in [1.29, 1.82) is 0 Å². The van der Waals surface area contributed by atoms with Crippen molar-refractivity contribution in [2.24, 2.45) is 0 Å². The van der Waals surface area contributed by atoms with Crippen molar-refractivity contribution < 1.29 is 27.9 Å². The SMILES string of the molecule is CC(=O)NCCN(Cc1cnn(-c2ccc(C(F)(F)F)cc2)c1)C(C)C(=O)O. The lowest BCUT2D eigenvalue weighted by molar-refractivity contribution is -0.143. The second-order valence-electron chi connectivity index (χ2n) is 6.31. The number of halogens is 3. The maximum absolute atomic E-state index is 12.7. The molecule has 2 rings (SSSR count). The third kappa shape index (κ3) is 5.81. The first-order valence-electron chi connectivity index (χ1n) is 8.50. The molecule has 0 bridgehead atoms. The van der Waals surface area contributed by atoms with Gasteiger partial charge in [0.05, 0.1) is 17.4 Å². The number of carbonyl (C=O) groups excluding carboxylic acids is 1. The van der Waals surface area contributed by atoms with Gasteiger partial charge in [0.25, 0.3) is 0 Å². The number of nitrogens with one attached hydrogen (secondary N) is 1. The highest BCUT2D eigenvalue weighted by molar-refractivity contribution is 5.73. The molecule has 1 heterocycles. The lowest BCUT2D eigenvalue weighted by Crippen LogP contribution is -2.42. The average Bonchev–Trinajstić information content (AvgIpc) is 3.08. The van der Waals surface area contributed by atoms with Crippen molar-refractivity contribution in [3.63, 3.8) is 0 Å². The van der Waals surface area contributed by atoms with Crippen LogP contribution in [0.25, 0.3) is 5.69 Å². The molecule has 0 spiro atoms. The number of nitrogens with zero attached hydrogens (tertiary/aromatic N) is 3. The van der Waals surface area contributed by atoms with Crippen molar-refractivity contribution in [1.82, 2.24) is 20.0 Å². The highest BCUT2D eigenvalue weighted by atomic mass is 19.4. The van der Waals surface area contributed by atoms with Crippen molar-refractivity contribution in [3.05, 3.63) is 47.8 Å². The monoisotopic (exact) mass is 398 g/mol. The van der Waals surface area contributed by atoms with Crippen LogP contribution < -0.4 is 5.32 Å². The Labute approximate surface area is 159 Å². The summed E-state index contributed by atoms with van der Waals surface area (Å²) in [6, 6.07) is 3.79. The van der Waals surface area contributed by atoms with Gasteiger partial charge in [-0.3, -0.25) is 14.5 Å². The van der Waals surface area contributed by atoms with E-state index in [0.29, 0.717) is 24.3 Å². The standard InChI is InChI=1S/C18H21F3N4O3/c1-12(17(27)28)24(8-7-22-13(2)26)10-14-9-23-25(11-14)16-5-3-15(4-6-16)18(19,20)21/h3-6,9,11-12H,7-8,10H2,1-2H3,(H,22,26)(H,27,28). The molecule has 2 aromatic rings. The van der Waals surface area contributed by atoms with Gasteiger partial charge in [0.1, 0.15) is 6.04 Å². The fraction of sp³-hybridized carbons (Fsp3) is 0.389. The van der Waals surface area contributed by atoms with E-state index >= 15 is 0 Å². The number of hydrogen-bond acceptors (Lipinski definition) is 4. The van der Waals surface area contributed by atoms with E-state index in [4.69, 9.17) is 0 Å². The Balaban J connectivity index is 2.11. The Morgan fingerprint density at radius 2 is 1.93 bits per heavy atom.